The highest BCUT2D eigenvalue weighted by Crippen LogP contribution is 2.27. The van der Waals surface area contributed by atoms with Crippen LogP contribution in [0.25, 0.3) is 11.3 Å². The highest BCUT2D eigenvalue weighted by molar-refractivity contribution is 7.92. The van der Waals surface area contributed by atoms with E-state index < -0.39 is 10.0 Å². The van der Waals surface area contributed by atoms with Crippen LogP contribution in [0.15, 0.2) is 65.6 Å². The van der Waals surface area contributed by atoms with Crippen molar-refractivity contribution in [3.8, 4) is 17.0 Å². The van der Waals surface area contributed by atoms with Gasteiger partial charge in [0.05, 0.1) is 12.8 Å². The van der Waals surface area contributed by atoms with Crippen LogP contribution >= 0.6 is 0 Å². The molecule has 2 heterocycles. The summed E-state index contributed by atoms with van der Waals surface area (Å²) in [5, 5.41) is 8.80. The fourth-order valence-corrected chi connectivity index (χ4v) is 4.96. The van der Waals surface area contributed by atoms with Crippen molar-refractivity contribution in [1.82, 2.24) is 10.2 Å². The van der Waals surface area contributed by atoms with E-state index in [0.29, 0.717) is 17.1 Å². The second kappa shape index (κ2) is 9.34. The molecule has 0 spiro atoms. The molecule has 0 radical (unpaired) electrons. The van der Waals surface area contributed by atoms with Gasteiger partial charge in [0.15, 0.2) is 5.82 Å². The third-order valence-corrected chi connectivity index (χ3v) is 6.77. The molecule has 31 heavy (non-hydrogen) atoms. The summed E-state index contributed by atoms with van der Waals surface area (Å²) in [7, 11) is -2.35. The second-order valence-electron chi connectivity index (χ2n) is 7.52. The van der Waals surface area contributed by atoms with Gasteiger partial charge in [0.1, 0.15) is 10.6 Å². The molecule has 0 unspecified atom stereocenters. The van der Waals surface area contributed by atoms with Crippen LogP contribution in [0.2, 0.25) is 0 Å². The largest absolute Gasteiger partial charge is 0.495 e. The van der Waals surface area contributed by atoms with Crippen LogP contribution in [0, 0.1) is 0 Å². The molecular weight excluding hydrogens is 412 g/mol. The molecule has 0 saturated carbocycles. The van der Waals surface area contributed by atoms with E-state index in [4.69, 9.17) is 4.74 Å². The smallest absolute Gasteiger partial charge is 0.265 e. The molecule has 1 aromatic heterocycles. The van der Waals surface area contributed by atoms with Crippen molar-refractivity contribution in [2.75, 3.05) is 29.8 Å². The van der Waals surface area contributed by atoms with E-state index in [1.54, 1.807) is 36.4 Å². The lowest BCUT2D eigenvalue weighted by Gasteiger charge is -2.20. The summed E-state index contributed by atoms with van der Waals surface area (Å²) in [5.41, 5.74) is 1.92. The maximum atomic E-state index is 12.9. The molecule has 1 aliphatic rings. The van der Waals surface area contributed by atoms with Gasteiger partial charge in [0.25, 0.3) is 10.0 Å². The van der Waals surface area contributed by atoms with E-state index >= 15 is 0 Å². The highest BCUT2D eigenvalue weighted by atomic mass is 32.2. The quantitative estimate of drug-likeness (QED) is 0.617. The third-order valence-electron chi connectivity index (χ3n) is 5.35. The summed E-state index contributed by atoms with van der Waals surface area (Å²) in [6, 6.07) is 17.6. The van der Waals surface area contributed by atoms with Crippen molar-refractivity contribution in [3.05, 3.63) is 60.7 Å². The SMILES string of the molecule is COc1ccccc1S(=O)(=O)Nc1cccc(-c2ccc(N3CCCCCC3)nn2)c1. The molecule has 4 rings (SSSR count). The lowest BCUT2D eigenvalue weighted by atomic mass is 10.1. The Balaban J connectivity index is 1.54. The lowest BCUT2D eigenvalue weighted by molar-refractivity contribution is 0.403. The van der Waals surface area contributed by atoms with Crippen molar-refractivity contribution in [1.29, 1.82) is 0 Å². The molecule has 1 N–H and O–H groups in total. The number of sulfonamides is 1. The molecule has 3 aromatic rings. The summed E-state index contributed by atoms with van der Waals surface area (Å²) in [4.78, 5) is 2.37. The molecule has 7 nitrogen and oxygen atoms in total. The minimum Gasteiger partial charge on any atom is -0.495 e. The molecule has 0 aliphatic carbocycles. The normalized spacial score (nSPS) is 14.7. The Kier molecular flexibility index (Phi) is 6.36. The Morgan fingerprint density at radius 2 is 1.68 bits per heavy atom. The number of rotatable bonds is 6. The van der Waals surface area contributed by atoms with E-state index in [1.165, 1.54) is 38.9 Å². The van der Waals surface area contributed by atoms with Gasteiger partial charge in [0.2, 0.25) is 0 Å². The zero-order valence-corrected chi connectivity index (χ0v) is 18.3. The zero-order chi connectivity index (χ0) is 21.7. The monoisotopic (exact) mass is 438 g/mol. The van der Waals surface area contributed by atoms with Gasteiger partial charge in [0, 0.05) is 24.3 Å². The van der Waals surface area contributed by atoms with Gasteiger partial charge in [-0.25, -0.2) is 8.42 Å². The predicted molar refractivity (Wildman–Crippen MR) is 122 cm³/mol. The topological polar surface area (TPSA) is 84.4 Å². The number of aromatic nitrogens is 2. The van der Waals surface area contributed by atoms with Gasteiger partial charge in [-0.15, -0.1) is 10.2 Å². The summed E-state index contributed by atoms with van der Waals surface area (Å²) in [5.74, 6) is 1.18. The number of anilines is 2. The lowest BCUT2D eigenvalue weighted by Crippen LogP contribution is -2.25. The van der Waals surface area contributed by atoms with E-state index in [-0.39, 0.29) is 4.90 Å². The number of nitrogens with one attached hydrogen (secondary N) is 1. The Bertz CT molecular complexity index is 1130. The fraction of sp³-hybridized carbons (Fsp3) is 0.304. The summed E-state index contributed by atoms with van der Waals surface area (Å²) < 4.78 is 33.5. The van der Waals surface area contributed by atoms with Crippen molar-refractivity contribution in [2.45, 2.75) is 30.6 Å². The summed E-state index contributed by atoms with van der Waals surface area (Å²) in [6.07, 6.45) is 4.88. The van der Waals surface area contributed by atoms with Gasteiger partial charge in [-0.3, -0.25) is 4.72 Å². The number of benzene rings is 2. The number of hydrogen-bond acceptors (Lipinski definition) is 6. The zero-order valence-electron chi connectivity index (χ0n) is 17.5. The maximum Gasteiger partial charge on any atom is 0.265 e. The molecule has 1 fully saturated rings. The van der Waals surface area contributed by atoms with Crippen molar-refractivity contribution >= 4 is 21.5 Å². The number of nitrogens with zero attached hydrogens (tertiary/aromatic N) is 3. The Morgan fingerprint density at radius 1 is 0.903 bits per heavy atom. The minimum atomic E-state index is -3.80. The van der Waals surface area contributed by atoms with Crippen LogP contribution in [-0.2, 0) is 10.0 Å². The first-order valence-corrected chi connectivity index (χ1v) is 11.9. The fourth-order valence-electron chi connectivity index (χ4n) is 3.74. The number of hydrogen-bond donors (Lipinski definition) is 1. The molecule has 0 bridgehead atoms. The van der Waals surface area contributed by atoms with Crippen LogP contribution < -0.4 is 14.4 Å². The van der Waals surface area contributed by atoms with Gasteiger partial charge < -0.3 is 9.64 Å². The standard InChI is InChI=1S/C23H26N4O3S/c1-30-21-11-4-5-12-22(21)31(28,29)26-19-10-8-9-18(17-19)20-13-14-23(25-24-20)27-15-6-2-3-7-16-27/h4-5,8-14,17,26H,2-3,6-7,15-16H2,1H3. The molecule has 8 heteroatoms. The average Bonchev–Trinajstić information content (AvgIpc) is 3.09. The molecule has 1 saturated heterocycles. The number of ether oxygens (including phenoxy) is 1. The van der Waals surface area contributed by atoms with Crippen LogP contribution in [-0.4, -0.2) is 38.8 Å². The molecule has 2 aromatic carbocycles. The van der Waals surface area contributed by atoms with Crippen LogP contribution in [0.3, 0.4) is 0 Å². The van der Waals surface area contributed by atoms with Crippen LogP contribution in [0.5, 0.6) is 5.75 Å². The average molecular weight is 439 g/mol. The summed E-state index contributed by atoms with van der Waals surface area (Å²) >= 11 is 0. The molecular formula is C23H26N4O3S. The highest BCUT2D eigenvalue weighted by Gasteiger charge is 2.19. The molecule has 1 aliphatic heterocycles. The van der Waals surface area contributed by atoms with Crippen LogP contribution in [0.1, 0.15) is 25.7 Å². The van der Waals surface area contributed by atoms with Crippen molar-refractivity contribution in [3.63, 3.8) is 0 Å². The van der Waals surface area contributed by atoms with E-state index in [1.807, 2.05) is 18.2 Å². The first kappa shape index (κ1) is 21.1. The van der Waals surface area contributed by atoms with Gasteiger partial charge in [-0.1, -0.05) is 37.1 Å². The Labute approximate surface area is 183 Å². The molecule has 0 amide bonds. The Morgan fingerprint density at radius 3 is 2.39 bits per heavy atom. The number of para-hydroxylation sites is 1. The molecule has 162 valence electrons. The van der Waals surface area contributed by atoms with Crippen molar-refractivity contribution < 1.29 is 13.2 Å². The minimum absolute atomic E-state index is 0.0875. The first-order valence-electron chi connectivity index (χ1n) is 10.4. The maximum absolute atomic E-state index is 12.9. The van der Waals surface area contributed by atoms with Gasteiger partial charge >= 0.3 is 0 Å². The van der Waals surface area contributed by atoms with E-state index in [0.717, 1.165) is 24.5 Å². The Hall–Kier alpha value is -3.13. The van der Waals surface area contributed by atoms with E-state index in [9.17, 15) is 8.42 Å². The predicted octanol–water partition coefficient (Wildman–Crippen LogP) is 4.33. The second-order valence-corrected chi connectivity index (χ2v) is 9.17. The molecule has 0 atom stereocenters. The van der Waals surface area contributed by atoms with E-state index in [2.05, 4.69) is 19.8 Å². The van der Waals surface area contributed by atoms with Crippen LogP contribution in [0.4, 0.5) is 11.5 Å². The third kappa shape index (κ3) is 4.96. The van der Waals surface area contributed by atoms with Crippen molar-refractivity contribution in [2.24, 2.45) is 0 Å². The summed E-state index contributed by atoms with van der Waals surface area (Å²) in [6.45, 7) is 2.02. The van der Waals surface area contributed by atoms with Gasteiger partial charge in [-0.05, 0) is 49.2 Å². The van der Waals surface area contributed by atoms with Gasteiger partial charge in [-0.2, -0.15) is 0 Å². The first-order chi connectivity index (χ1) is 15.1. The number of methoxy groups -OCH3 is 1.